The molecule has 2 heterocycles. The van der Waals surface area contributed by atoms with Crippen LogP contribution in [0.25, 0.3) is 11.1 Å². The van der Waals surface area contributed by atoms with Crippen molar-refractivity contribution >= 4 is 33.7 Å². The van der Waals surface area contributed by atoms with Gasteiger partial charge in [0.1, 0.15) is 28.5 Å². The molecule has 40 heavy (non-hydrogen) atoms. The van der Waals surface area contributed by atoms with Crippen molar-refractivity contribution in [1.82, 2.24) is 9.88 Å². The zero-order valence-electron chi connectivity index (χ0n) is 20.8. The number of pyridine rings is 1. The van der Waals surface area contributed by atoms with Gasteiger partial charge in [-0.05, 0) is 48.4 Å². The molecule has 0 saturated carbocycles. The Kier molecular flexibility index (Phi) is 8.44. The highest BCUT2D eigenvalue weighted by molar-refractivity contribution is 7.99. The van der Waals surface area contributed by atoms with Gasteiger partial charge in [-0.15, -0.1) is 22.1 Å². The van der Waals surface area contributed by atoms with Crippen LogP contribution in [0.15, 0.2) is 52.4 Å². The molecular weight excluding hydrogens is 557 g/mol. The van der Waals surface area contributed by atoms with E-state index in [0.29, 0.717) is 39.8 Å². The molecule has 1 aliphatic heterocycles. The predicted octanol–water partition coefficient (Wildman–Crippen LogP) is 3.72. The summed E-state index contributed by atoms with van der Waals surface area (Å²) in [6.45, 7) is 0.299. The highest BCUT2D eigenvalue weighted by Crippen LogP contribution is 2.40. The van der Waals surface area contributed by atoms with Gasteiger partial charge in [-0.1, -0.05) is 12.0 Å². The average Bonchev–Trinajstić information content (AvgIpc) is 3.41. The first-order valence-corrected chi connectivity index (χ1v) is 14.0. The third-order valence-electron chi connectivity index (χ3n) is 5.84. The van der Waals surface area contributed by atoms with Crippen LogP contribution in [0.5, 0.6) is 11.5 Å². The number of nitriles is 2. The van der Waals surface area contributed by atoms with Crippen LogP contribution < -0.4 is 15.2 Å². The van der Waals surface area contributed by atoms with Gasteiger partial charge in [-0.25, -0.2) is 4.98 Å². The van der Waals surface area contributed by atoms with Crippen LogP contribution in [0.3, 0.4) is 0 Å². The molecule has 0 spiro atoms. The molecule has 0 saturated heterocycles. The van der Waals surface area contributed by atoms with E-state index >= 15 is 0 Å². The minimum Gasteiger partial charge on any atom is -0.454 e. The number of anilines is 1. The molecule has 1 aromatic heterocycles. The van der Waals surface area contributed by atoms with Crippen molar-refractivity contribution in [2.24, 2.45) is 0 Å². The minimum absolute atomic E-state index is 0.00751. The molecule has 0 fully saturated rings. The van der Waals surface area contributed by atoms with Crippen molar-refractivity contribution in [3.05, 3.63) is 59.2 Å². The zero-order valence-corrected chi connectivity index (χ0v) is 22.4. The summed E-state index contributed by atoms with van der Waals surface area (Å²) in [5, 5.41) is 20.1. The van der Waals surface area contributed by atoms with Crippen molar-refractivity contribution < 1.29 is 26.6 Å². The molecule has 2 aromatic carbocycles. The maximum absolute atomic E-state index is 13.2. The number of carbonyl (C=O) groups excluding carboxylic acids is 1. The number of terminal acetylenes is 1. The van der Waals surface area contributed by atoms with Crippen molar-refractivity contribution in [1.29, 1.82) is 10.5 Å². The molecule has 1 aliphatic rings. The van der Waals surface area contributed by atoms with E-state index in [1.165, 1.54) is 28.8 Å². The highest BCUT2D eigenvalue weighted by atomic mass is 32.3. The summed E-state index contributed by atoms with van der Waals surface area (Å²) in [5.41, 5.74) is 7.36. The number of aromatic nitrogens is 1. The molecule has 0 aliphatic carbocycles. The summed E-state index contributed by atoms with van der Waals surface area (Å²) >= 11 is 1.23. The Morgan fingerprint density at radius 2 is 1.82 bits per heavy atom. The standard InChI is InChI=1S/C27H20FN5O5S2/c1-2-10-33(27(34)17-4-7-19(8-5-17)40(28,35)36)11-3-12-39-26-21(15-30)24(20(14-29)25(31)32-26)18-6-9-22-23(13-18)38-16-37-22/h1,4-9,13H,3,10-12,16H2,(H2,31,32). The molecule has 202 valence electrons. The molecule has 0 atom stereocenters. The second-order valence-corrected chi connectivity index (χ2v) is 10.7. The Labute approximate surface area is 234 Å². The van der Waals surface area contributed by atoms with Gasteiger partial charge in [0.05, 0.1) is 17.0 Å². The predicted molar refractivity (Wildman–Crippen MR) is 144 cm³/mol. The smallest absolute Gasteiger partial charge is 0.332 e. The van der Waals surface area contributed by atoms with Gasteiger partial charge in [0.25, 0.3) is 5.91 Å². The maximum Gasteiger partial charge on any atom is 0.332 e. The first kappa shape index (κ1) is 28.2. The SMILES string of the molecule is C#CCN(CCCSc1nc(N)c(C#N)c(-c2ccc3c(c2)OCO3)c1C#N)C(=O)c1ccc(S(=O)(=O)F)cc1. The van der Waals surface area contributed by atoms with E-state index < -0.39 is 21.0 Å². The Balaban J connectivity index is 1.51. The number of amides is 1. The molecule has 0 bridgehead atoms. The van der Waals surface area contributed by atoms with Crippen molar-refractivity contribution in [3.8, 4) is 47.1 Å². The number of ether oxygens (including phenoxy) is 2. The summed E-state index contributed by atoms with van der Waals surface area (Å²) in [5.74, 6) is 3.38. The summed E-state index contributed by atoms with van der Waals surface area (Å²) in [7, 11) is -4.88. The Morgan fingerprint density at radius 1 is 1.12 bits per heavy atom. The average molecular weight is 578 g/mol. The number of nitrogens with two attached hydrogens (primary N) is 1. The number of benzene rings is 2. The Bertz CT molecular complexity index is 1710. The van der Waals surface area contributed by atoms with Crippen LogP contribution in [0.2, 0.25) is 0 Å². The lowest BCUT2D eigenvalue weighted by molar-refractivity contribution is 0.0777. The number of halogens is 1. The molecule has 0 radical (unpaired) electrons. The zero-order chi connectivity index (χ0) is 28.9. The van der Waals surface area contributed by atoms with Gasteiger partial charge in [0.15, 0.2) is 11.5 Å². The number of nitrogens with zero attached hydrogens (tertiary/aromatic N) is 4. The Hall–Kier alpha value is -4.77. The van der Waals surface area contributed by atoms with Gasteiger partial charge in [-0.2, -0.15) is 18.9 Å². The second-order valence-electron chi connectivity index (χ2n) is 8.31. The number of thioether (sulfide) groups is 1. The summed E-state index contributed by atoms with van der Waals surface area (Å²) in [6.07, 6.45) is 5.87. The quantitative estimate of drug-likeness (QED) is 0.172. The highest BCUT2D eigenvalue weighted by Gasteiger charge is 2.23. The van der Waals surface area contributed by atoms with E-state index in [1.54, 1.807) is 18.2 Å². The normalized spacial score (nSPS) is 11.8. The summed E-state index contributed by atoms with van der Waals surface area (Å²) < 4.78 is 46.0. The number of fused-ring (bicyclic) bond motifs is 1. The van der Waals surface area contributed by atoms with E-state index in [4.69, 9.17) is 21.6 Å². The molecule has 2 N–H and O–H groups in total. The lowest BCUT2D eigenvalue weighted by Gasteiger charge is -2.20. The number of hydrogen-bond acceptors (Lipinski definition) is 10. The monoisotopic (exact) mass is 577 g/mol. The van der Waals surface area contributed by atoms with Crippen LogP contribution in [-0.4, -0.2) is 49.8 Å². The van der Waals surface area contributed by atoms with Crippen molar-refractivity contribution in [2.75, 3.05) is 31.4 Å². The van der Waals surface area contributed by atoms with Crippen LogP contribution in [0, 0.1) is 35.0 Å². The fourth-order valence-electron chi connectivity index (χ4n) is 3.97. The summed E-state index contributed by atoms with van der Waals surface area (Å²) in [6, 6.07) is 13.7. The van der Waals surface area contributed by atoms with E-state index in [1.807, 2.05) is 6.07 Å². The first-order valence-electron chi connectivity index (χ1n) is 11.6. The lowest BCUT2D eigenvalue weighted by Crippen LogP contribution is -2.32. The molecule has 3 aromatic rings. The van der Waals surface area contributed by atoms with E-state index in [-0.39, 0.29) is 42.4 Å². The Morgan fingerprint density at radius 3 is 2.48 bits per heavy atom. The van der Waals surface area contributed by atoms with Gasteiger partial charge in [0, 0.05) is 23.4 Å². The number of carbonyl (C=O) groups is 1. The van der Waals surface area contributed by atoms with Crippen LogP contribution in [0.4, 0.5) is 9.70 Å². The van der Waals surface area contributed by atoms with Gasteiger partial charge < -0.3 is 20.1 Å². The van der Waals surface area contributed by atoms with Crippen molar-refractivity contribution in [2.45, 2.75) is 16.3 Å². The van der Waals surface area contributed by atoms with E-state index in [2.05, 4.69) is 17.0 Å². The van der Waals surface area contributed by atoms with Crippen LogP contribution in [0.1, 0.15) is 27.9 Å². The largest absolute Gasteiger partial charge is 0.454 e. The second kappa shape index (κ2) is 12.0. The molecular formula is C27H20FN5O5S2. The lowest BCUT2D eigenvalue weighted by atomic mass is 9.96. The molecule has 1 amide bonds. The van der Waals surface area contributed by atoms with Crippen LogP contribution >= 0.6 is 11.8 Å². The molecule has 13 heteroatoms. The van der Waals surface area contributed by atoms with E-state index in [9.17, 15) is 27.6 Å². The summed E-state index contributed by atoms with van der Waals surface area (Å²) in [4.78, 5) is 18.0. The molecule has 4 rings (SSSR count). The van der Waals surface area contributed by atoms with Crippen molar-refractivity contribution in [3.63, 3.8) is 0 Å². The number of nitrogen functional groups attached to an aromatic ring is 1. The molecule has 0 unspecified atom stereocenters. The van der Waals surface area contributed by atoms with E-state index in [0.717, 1.165) is 12.1 Å². The fourth-order valence-corrected chi connectivity index (χ4v) is 5.36. The van der Waals surface area contributed by atoms with Crippen LogP contribution in [-0.2, 0) is 10.2 Å². The molecule has 10 nitrogen and oxygen atoms in total. The van der Waals surface area contributed by atoms with Gasteiger partial charge in [0.2, 0.25) is 6.79 Å². The third-order valence-corrected chi connectivity index (χ3v) is 7.74. The third kappa shape index (κ3) is 5.94. The topological polar surface area (TPSA) is 159 Å². The fraction of sp³-hybridized carbons (Fsp3) is 0.185. The first-order chi connectivity index (χ1) is 19.2. The van der Waals surface area contributed by atoms with Gasteiger partial charge >= 0.3 is 10.2 Å². The minimum atomic E-state index is -4.88. The number of hydrogen-bond donors (Lipinski definition) is 1. The van der Waals surface area contributed by atoms with Gasteiger partial charge in [-0.3, -0.25) is 4.79 Å². The number of rotatable bonds is 9. The maximum atomic E-state index is 13.2.